The van der Waals surface area contributed by atoms with Crippen LogP contribution in [0.5, 0.6) is 0 Å². The minimum absolute atomic E-state index is 0.130. The van der Waals surface area contributed by atoms with Crippen molar-refractivity contribution in [1.29, 1.82) is 0 Å². The predicted molar refractivity (Wildman–Crippen MR) is 149 cm³/mol. The van der Waals surface area contributed by atoms with E-state index in [0.29, 0.717) is 11.1 Å². The van der Waals surface area contributed by atoms with E-state index >= 15 is 0 Å². The summed E-state index contributed by atoms with van der Waals surface area (Å²) in [4.78, 5) is 41.2. The van der Waals surface area contributed by atoms with E-state index in [1.165, 1.54) is 0 Å². The molecule has 0 radical (unpaired) electrons. The van der Waals surface area contributed by atoms with Crippen LogP contribution in [-0.2, 0) is 20.7 Å². The molecule has 38 heavy (non-hydrogen) atoms. The summed E-state index contributed by atoms with van der Waals surface area (Å²) in [7, 11) is 0. The number of amides is 3. The molecule has 2 aromatic rings. The van der Waals surface area contributed by atoms with Crippen molar-refractivity contribution in [2.75, 3.05) is 0 Å². The second-order valence-corrected chi connectivity index (χ2v) is 10.1. The fourth-order valence-corrected chi connectivity index (χ4v) is 3.94. The molecule has 0 fully saturated rings. The van der Waals surface area contributed by atoms with Gasteiger partial charge in [0.2, 0.25) is 5.91 Å². The van der Waals surface area contributed by atoms with Crippen LogP contribution in [-0.4, -0.2) is 40.5 Å². The lowest BCUT2D eigenvalue weighted by atomic mass is 9.99. The lowest BCUT2D eigenvalue weighted by molar-refractivity contribution is -0.138. The highest BCUT2D eigenvalue weighted by Crippen LogP contribution is 2.24. The minimum atomic E-state index is -1.14. The van der Waals surface area contributed by atoms with Gasteiger partial charge >= 0.3 is 6.09 Å². The maximum Gasteiger partial charge on any atom is 0.408 e. The van der Waals surface area contributed by atoms with Gasteiger partial charge in [0.05, 0.1) is 0 Å². The van der Waals surface area contributed by atoms with Crippen molar-refractivity contribution in [2.24, 2.45) is 0 Å². The number of terminal acetylenes is 2. The zero-order valence-corrected chi connectivity index (χ0v) is 22.8. The van der Waals surface area contributed by atoms with Gasteiger partial charge in [0.1, 0.15) is 17.7 Å². The van der Waals surface area contributed by atoms with E-state index in [-0.39, 0.29) is 12.5 Å². The molecule has 0 aliphatic rings. The van der Waals surface area contributed by atoms with Crippen LogP contribution in [0.4, 0.5) is 4.79 Å². The molecule has 200 valence electrons. The molecular weight excluding hydrogens is 478 g/mol. The molecule has 0 saturated carbocycles. The summed E-state index contributed by atoms with van der Waals surface area (Å²) in [5, 5.41) is 5.61. The molecular formula is C31H37N3O4. The number of nitrogens with zero attached hydrogens (tertiary/aromatic N) is 1. The molecule has 0 heterocycles. The van der Waals surface area contributed by atoms with Crippen LogP contribution in [0, 0.1) is 24.8 Å². The van der Waals surface area contributed by atoms with Crippen molar-refractivity contribution in [3.63, 3.8) is 0 Å². The molecule has 0 aliphatic heterocycles. The van der Waals surface area contributed by atoms with Crippen molar-refractivity contribution >= 4 is 17.9 Å². The highest BCUT2D eigenvalue weighted by atomic mass is 16.6. The van der Waals surface area contributed by atoms with Crippen molar-refractivity contribution < 1.29 is 19.1 Å². The number of rotatable bonds is 10. The van der Waals surface area contributed by atoms with E-state index in [1.807, 2.05) is 44.2 Å². The number of ether oxygens (including phenoxy) is 1. The van der Waals surface area contributed by atoms with Crippen LogP contribution in [0.1, 0.15) is 70.2 Å². The molecule has 0 aliphatic carbocycles. The molecule has 3 amide bonds. The summed E-state index contributed by atoms with van der Waals surface area (Å²) in [6.07, 6.45) is 12.4. The first-order valence-corrected chi connectivity index (χ1v) is 12.7. The second kappa shape index (κ2) is 13.9. The first-order valence-electron chi connectivity index (χ1n) is 12.7. The van der Waals surface area contributed by atoms with E-state index in [1.54, 1.807) is 45.0 Å². The number of benzene rings is 2. The lowest BCUT2D eigenvalue weighted by Gasteiger charge is -2.31. The lowest BCUT2D eigenvalue weighted by Crippen LogP contribution is -2.52. The highest BCUT2D eigenvalue weighted by molar-refractivity contribution is 5.93. The third-order valence-electron chi connectivity index (χ3n) is 5.66. The van der Waals surface area contributed by atoms with E-state index in [9.17, 15) is 14.4 Å². The Labute approximate surface area is 226 Å². The summed E-state index contributed by atoms with van der Waals surface area (Å²) >= 11 is 0. The zero-order chi connectivity index (χ0) is 28.3. The summed E-state index contributed by atoms with van der Waals surface area (Å²) in [6.45, 7) is 9.10. The fraction of sp³-hybridized carbons (Fsp3) is 0.387. The van der Waals surface area contributed by atoms with Crippen LogP contribution in [0.15, 0.2) is 54.6 Å². The highest BCUT2D eigenvalue weighted by Gasteiger charge is 2.36. The smallest absolute Gasteiger partial charge is 0.408 e. The van der Waals surface area contributed by atoms with Gasteiger partial charge in [0.15, 0.2) is 0 Å². The number of alkyl carbamates (subject to hydrolysis) is 1. The predicted octanol–water partition coefficient (Wildman–Crippen LogP) is 4.57. The topological polar surface area (TPSA) is 87.7 Å². The summed E-state index contributed by atoms with van der Waals surface area (Å²) < 4.78 is 5.40. The quantitative estimate of drug-likeness (QED) is 0.359. The average molecular weight is 516 g/mol. The molecule has 0 spiro atoms. The van der Waals surface area contributed by atoms with Crippen LogP contribution in [0.3, 0.4) is 0 Å². The number of carbonyl (C=O) groups excluding carboxylic acids is 3. The van der Waals surface area contributed by atoms with Crippen LogP contribution < -0.4 is 10.6 Å². The van der Waals surface area contributed by atoms with Crippen LogP contribution >= 0.6 is 0 Å². The molecule has 0 saturated heterocycles. The fourth-order valence-electron chi connectivity index (χ4n) is 3.94. The summed E-state index contributed by atoms with van der Waals surface area (Å²) in [5.74, 6) is 1.49. The minimum Gasteiger partial charge on any atom is -0.444 e. The second-order valence-electron chi connectivity index (χ2n) is 10.1. The van der Waals surface area contributed by atoms with Gasteiger partial charge in [-0.25, -0.2) is 4.79 Å². The SMILES string of the molecule is C#Cc1ccc(C(C(=O)NC(C)CCC)N(C#C)C(=O)C(Cc2ccccc2)NC(=O)OC(C)(C)C)cc1. The molecule has 3 atom stereocenters. The maximum atomic E-state index is 13.9. The van der Waals surface area contributed by atoms with Gasteiger partial charge in [-0.2, -0.15) is 0 Å². The van der Waals surface area contributed by atoms with Gasteiger partial charge in [-0.15, -0.1) is 6.42 Å². The third-order valence-corrected chi connectivity index (χ3v) is 5.66. The van der Waals surface area contributed by atoms with Crippen LogP contribution in [0.2, 0.25) is 0 Å². The van der Waals surface area contributed by atoms with Crippen molar-refractivity contribution in [3.8, 4) is 24.8 Å². The van der Waals surface area contributed by atoms with E-state index in [0.717, 1.165) is 23.3 Å². The van der Waals surface area contributed by atoms with E-state index in [4.69, 9.17) is 17.6 Å². The molecule has 7 heteroatoms. The molecule has 7 nitrogen and oxygen atoms in total. The molecule has 3 unspecified atom stereocenters. The van der Waals surface area contributed by atoms with Crippen molar-refractivity contribution in [2.45, 2.75) is 77.6 Å². The van der Waals surface area contributed by atoms with Crippen molar-refractivity contribution in [3.05, 3.63) is 71.3 Å². The zero-order valence-electron chi connectivity index (χ0n) is 22.8. The monoisotopic (exact) mass is 515 g/mol. The van der Waals surface area contributed by atoms with Crippen LogP contribution in [0.25, 0.3) is 0 Å². The van der Waals surface area contributed by atoms with Gasteiger partial charge in [-0.1, -0.05) is 68.2 Å². The number of hydrogen-bond acceptors (Lipinski definition) is 4. The van der Waals surface area contributed by atoms with E-state index in [2.05, 4.69) is 22.6 Å². The summed E-state index contributed by atoms with van der Waals surface area (Å²) in [6, 6.07) is 16.0. The molecule has 0 bridgehead atoms. The Morgan fingerprint density at radius 1 is 1.00 bits per heavy atom. The largest absolute Gasteiger partial charge is 0.444 e. The Hall–Kier alpha value is -4.23. The van der Waals surface area contributed by atoms with Gasteiger partial charge in [0, 0.05) is 24.1 Å². The average Bonchev–Trinajstić information content (AvgIpc) is 2.86. The molecule has 2 aromatic carbocycles. The first kappa shape index (κ1) is 30.0. The Balaban J connectivity index is 2.48. The standard InChI is InChI=1S/C31H37N3O4/c1-8-14-22(4)32-28(35)27(25-19-17-23(9-2)18-20-25)34(10-3)29(36)26(21-24-15-12-11-13-16-24)33-30(37)38-31(5,6)7/h2-3,11-13,15-20,22,26-27H,8,14,21H2,1,4-7H3,(H,32,35)(H,33,37). The van der Waals surface area contributed by atoms with E-state index < -0.39 is 35.6 Å². The normalized spacial score (nSPS) is 13.1. The van der Waals surface area contributed by atoms with Gasteiger partial charge in [-0.05, 0) is 57.4 Å². The molecule has 2 rings (SSSR count). The molecule has 0 aromatic heterocycles. The third kappa shape index (κ3) is 9.01. The van der Waals surface area contributed by atoms with Gasteiger partial charge in [0.25, 0.3) is 5.91 Å². The Kier molecular flexibility index (Phi) is 11.0. The Bertz CT molecular complexity index is 1170. The first-order chi connectivity index (χ1) is 18.0. The number of carbonyl (C=O) groups is 3. The van der Waals surface area contributed by atoms with Crippen molar-refractivity contribution in [1.82, 2.24) is 15.5 Å². The van der Waals surface area contributed by atoms with Gasteiger partial charge in [-0.3, -0.25) is 14.5 Å². The molecule has 2 N–H and O–H groups in total. The number of nitrogens with one attached hydrogen (secondary N) is 2. The maximum absolute atomic E-state index is 13.9. The Morgan fingerprint density at radius 3 is 2.16 bits per heavy atom. The van der Waals surface area contributed by atoms with Gasteiger partial charge < -0.3 is 15.4 Å². The number of hydrogen-bond donors (Lipinski definition) is 2. The Morgan fingerprint density at radius 2 is 1.63 bits per heavy atom. The summed E-state index contributed by atoms with van der Waals surface area (Å²) in [5.41, 5.74) is 1.15.